The molecule has 0 saturated carbocycles. The Kier molecular flexibility index (Phi) is 5.14. The van der Waals surface area contributed by atoms with Gasteiger partial charge in [-0.05, 0) is 37.5 Å². The van der Waals surface area contributed by atoms with Crippen LogP contribution in [-0.4, -0.2) is 17.5 Å². The minimum atomic E-state index is -0.214. The first kappa shape index (κ1) is 17.2. The van der Waals surface area contributed by atoms with Crippen molar-refractivity contribution in [1.29, 1.82) is 0 Å². The van der Waals surface area contributed by atoms with Crippen molar-refractivity contribution in [1.82, 2.24) is 4.98 Å². The molecule has 3 aromatic rings. The monoisotopic (exact) mass is 352 g/mol. The molecule has 128 valence electrons. The maximum absolute atomic E-state index is 12.2. The van der Waals surface area contributed by atoms with Crippen LogP contribution in [0.5, 0.6) is 5.75 Å². The summed E-state index contributed by atoms with van der Waals surface area (Å²) in [5, 5.41) is 5.30. The Morgan fingerprint density at radius 1 is 1.08 bits per heavy atom. The molecule has 4 nitrogen and oxygen atoms in total. The molecule has 0 aliphatic carbocycles. The Labute approximate surface area is 151 Å². The smallest absolute Gasteiger partial charge is 0.264 e. The second-order valence-corrected chi connectivity index (χ2v) is 6.75. The SMILES string of the molecule is Cc1ccc(C)c(OCC(=O)Nc2nc(-c3ccccc3)cs2)c1C. The standard InChI is InChI=1S/C20H20N2O2S/c1-13-9-10-14(2)19(15(13)3)24-11-18(23)22-20-21-17(12-25-20)16-7-5-4-6-8-16/h4-10,12H,11H2,1-3H3,(H,21,22,23). The van der Waals surface area contributed by atoms with Crippen LogP contribution in [0.4, 0.5) is 5.13 Å². The number of carbonyl (C=O) groups is 1. The highest BCUT2D eigenvalue weighted by atomic mass is 32.1. The van der Waals surface area contributed by atoms with Crippen LogP contribution in [0, 0.1) is 20.8 Å². The van der Waals surface area contributed by atoms with Crippen LogP contribution in [-0.2, 0) is 4.79 Å². The van der Waals surface area contributed by atoms with Gasteiger partial charge in [0.05, 0.1) is 5.69 Å². The molecule has 0 atom stereocenters. The normalized spacial score (nSPS) is 10.5. The average Bonchev–Trinajstić information content (AvgIpc) is 3.07. The van der Waals surface area contributed by atoms with Crippen LogP contribution in [0.2, 0.25) is 0 Å². The molecule has 1 N–H and O–H groups in total. The first-order valence-corrected chi connectivity index (χ1v) is 8.93. The molecule has 0 saturated heterocycles. The van der Waals surface area contributed by atoms with E-state index < -0.39 is 0 Å². The third-order valence-electron chi connectivity index (χ3n) is 4.04. The molecule has 25 heavy (non-hydrogen) atoms. The number of nitrogens with one attached hydrogen (secondary N) is 1. The number of benzene rings is 2. The Morgan fingerprint density at radius 2 is 1.80 bits per heavy atom. The third-order valence-corrected chi connectivity index (χ3v) is 4.80. The number of thiazole rings is 1. The van der Waals surface area contributed by atoms with Crippen LogP contribution in [0.1, 0.15) is 16.7 Å². The first-order chi connectivity index (χ1) is 12.0. The number of anilines is 1. The van der Waals surface area contributed by atoms with Crippen LogP contribution in [0.25, 0.3) is 11.3 Å². The fourth-order valence-corrected chi connectivity index (χ4v) is 3.25. The van der Waals surface area contributed by atoms with E-state index in [9.17, 15) is 4.79 Å². The molecule has 0 aliphatic heterocycles. The summed E-state index contributed by atoms with van der Waals surface area (Å²) < 4.78 is 5.74. The fourth-order valence-electron chi connectivity index (χ4n) is 2.51. The van der Waals surface area contributed by atoms with E-state index >= 15 is 0 Å². The fraction of sp³-hybridized carbons (Fsp3) is 0.200. The molecule has 3 rings (SSSR count). The predicted octanol–water partition coefficient (Wildman–Crippen LogP) is 4.75. The van der Waals surface area contributed by atoms with E-state index in [1.165, 1.54) is 11.3 Å². The Bertz CT molecular complexity index is 888. The molecular weight excluding hydrogens is 332 g/mol. The number of rotatable bonds is 5. The summed E-state index contributed by atoms with van der Waals surface area (Å²) in [6.07, 6.45) is 0. The highest BCUT2D eigenvalue weighted by Gasteiger charge is 2.11. The molecule has 0 aliphatic rings. The summed E-state index contributed by atoms with van der Waals surface area (Å²) >= 11 is 1.40. The highest BCUT2D eigenvalue weighted by Crippen LogP contribution is 2.26. The topological polar surface area (TPSA) is 51.2 Å². The van der Waals surface area contributed by atoms with Crippen LogP contribution in [0.15, 0.2) is 47.8 Å². The molecule has 1 heterocycles. The van der Waals surface area contributed by atoms with Crippen LogP contribution in [0.3, 0.4) is 0 Å². The number of ether oxygens (including phenoxy) is 1. The van der Waals surface area contributed by atoms with Gasteiger partial charge in [0.2, 0.25) is 0 Å². The molecule has 0 radical (unpaired) electrons. The Balaban J connectivity index is 1.62. The summed E-state index contributed by atoms with van der Waals surface area (Å²) in [6, 6.07) is 13.9. The van der Waals surface area contributed by atoms with Gasteiger partial charge >= 0.3 is 0 Å². The molecule has 1 amide bonds. The van der Waals surface area contributed by atoms with Gasteiger partial charge in [-0.3, -0.25) is 10.1 Å². The maximum Gasteiger partial charge on any atom is 0.264 e. The van der Waals surface area contributed by atoms with Gasteiger partial charge in [-0.25, -0.2) is 4.98 Å². The van der Waals surface area contributed by atoms with E-state index in [4.69, 9.17) is 4.74 Å². The molecule has 0 fully saturated rings. The van der Waals surface area contributed by atoms with Crippen LogP contribution >= 0.6 is 11.3 Å². The second-order valence-electron chi connectivity index (χ2n) is 5.89. The minimum Gasteiger partial charge on any atom is -0.483 e. The van der Waals surface area contributed by atoms with E-state index in [1.54, 1.807) is 0 Å². The van der Waals surface area contributed by atoms with Crippen molar-refractivity contribution in [3.05, 3.63) is 64.5 Å². The number of aromatic nitrogens is 1. The van der Waals surface area contributed by atoms with Crippen molar-refractivity contribution in [2.75, 3.05) is 11.9 Å². The van der Waals surface area contributed by atoms with Gasteiger partial charge in [0.25, 0.3) is 5.91 Å². The van der Waals surface area contributed by atoms with Crippen molar-refractivity contribution < 1.29 is 9.53 Å². The van der Waals surface area contributed by atoms with Crippen molar-refractivity contribution in [2.24, 2.45) is 0 Å². The number of aryl methyl sites for hydroxylation is 2. The Morgan fingerprint density at radius 3 is 2.56 bits per heavy atom. The van der Waals surface area contributed by atoms with Gasteiger partial charge < -0.3 is 4.74 Å². The lowest BCUT2D eigenvalue weighted by atomic mass is 10.1. The van der Waals surface area contributed by atoms with Gasteiger partial charge in [0.15, 0.2) is 11.7 Å². The van der Waals surface area contributed by atoms with Crippen LogP contribution < -0.4 is 10.1 Å². The molecule has 0 bridgehead atoms. The van der Waals surface area contributed by atoms with Crippen molar-refractivity contribution in [2.45, 2.75) is 20.8 Å². The van der Waals surface area contributed by atoms with Gasteiger partial charge in [-0.2, -0.15) is 0 Å². The lowest BCUT2D eigenvalue weighted by molar-refractivity contribution is -0.118. The zero-order valence-corrected chi connectivity index (χ0v) is 15.3. The van der Waals surface area contributed by atoms with Gasteiger partial charge in [0.1, 0.15) is 5.75 Å². The summed E-state index contributed by atoms with van der Waals surface area (Å²) in [5.74, 6) is 0.563. The number of amides is 1. The maximum atomic E-state index is 12.2. The summed E-state index contributed by atoms with van der Waals surface area (Å²) in [4.78, 5) is 16.6. The van der Waals surface area contributed by atoms with Crippen molar-refractivity contribution in [3.8, 4) is 17.0 Å². The van der Waals surface area contributed by atoms with Gasteiger partial charge in [-0.1, -0.05) is 42.5 Å². The second kappa shape index (κ2) is 7.49. The molecule has 0 spiro atoms. The zero-order valence-electron chi connectivity index (χ0n) is 14.5. The summed E-state index contributed by atoms with van der Waals surface area (Å²) in [6.45, 7) is 5.98. The molecule has 5 heteroatoms. The van der Waals surface area contributed by atoms with Crippen molar-refractivity contribution in [3.63, 3.8) is 0 Å². The van der Waals surface area contributed by atoms with E-state index in [0.29, 0.717) is 5.13 Å². The lowest BCUT2D eigenvalue weighted by Gasteiger charge is -2.13. The lowest BCUT2D eigenvalue weighted by Crippen LogP contribution is -2.20. The summed E-state index contributed by atoms with van der Waals surface area (Å²) in [5.41, 5.74) is 5.12. The molecule has 0 unspecified atom stereocenters. The zero-order chi connectivity index (χ0) is 17.8. The van der Waals surface area contributed by atoms with E-state index in [2.05, 4.69) is 16.4 Å². The molecule has 2 aromatic carbocycles. The average molecular weight is 352 g/mol. The first-order valence-electron chi connectivity index (χ1n) is 8.05. The minimum absolute atomic E-state index is 0.0363. The Hall–Kier alpha value is -2.66. The number of nitrogens with zero attached hydrogens (tertiary/aromatic N) is 1. The molecular formula is C20H20N2O2S. The number of hydrogen-bond donors (Lipinski definition) is 1. The van der Waals surface area contributed by atoms with E-state index in [0.717, 1.165) is 33.7 Å². The largest absolute Gasteiger partial charge is 0.483 e. The van der Waals surface area contributed by atoms with Gasteiger partial charge in [0, 0.05) is 10.9 Å². The van der Waals surface area contributed by atoms with E-state index in [1.807, 2.05) is 62.5 Å². The third kappa shape index (κ3) is 4.06. The van der Waals surface area contributed by atoms with Gasteiger partial charge in [-0.15, -0.1) is 11.3 Å². The highest BCUT2D eigenvalue weighted by molar-refractivity contribution is 7.14. The summed E-state index contributed by atoms with van der Waals surface area (Å²) in [7, 11) is 0. The number of hydrogen-bond acceptors (Lipinski definition) is 4. The predicted molar refractivity (Wildman–Crippen MR) is 102 cm³/mol. The van der Waals surface area contributed by atoms with Crippen molar-refractivity contribution >= 4 is 22.4 Å². The van der Waals surface area contributed by atoms with E-state index in [-0.39, 0.29) is 12.5 Å². The molecule has 1 aromatic heterocycles. The quantitative estimate of drug-likeness (QED) is 0.721. The number of carbonyl (C=O) groups excluding carboxylic acids is 1.